The van der Waals surface area contributed by atoms with E-state index in [2.05, 4.69) is 98.5 Å². The van der Waals surface area contributed by atoms with Crippen molar-refractivity contribution in [3.8, 4) is 0 Å². The summed E-state index contributed by atoms with van der Waals surface area (Å²) in [5, 5.41) is 0.599. The Morgan fingerprint density at radius 3 is 1.55 bits per heavy atom. The Kier molecular flexibility index (Phi) is 7.43. The molecule has 1 aromatic carbocycles. The fourth-order valence-electron chi connectivity index (χ4n) is 4.67. The van der Waals surface area contributed by atoms with Gasteiger partial charge in [-0.05, 0) is 20.6 Å². The number of hydrogen-bond acceptors (Lipinski definition) is 0. The number of benzene rings is 1. The van der Waals surface area contributed by atoms with Crippen molar-refractivity contribution in [2.45, 2.75) is 116 Å². The van der Waals surface area contributed by atoms with Gasteiger partial charge in [-0.15, -0.1) is 0 Å². The fraction of sp³-hybridized carbons (Fsp3) is 0.720. The summed E-state index contributed by atoms with van der Waals surface area (Å²) < 4.78 is 33.0. The Balaban J connectivity index is 2.66. The van der Waals surface area contributed by atoms with Gasteiger partial charge in [0.05, 0.1) is 0 Å². The summed E-state index contributed by atoms with van der Waals surface area (Å²) in [6, 6.07) is 2.77. The van der Waals surface area contributed by atoms with Gasteiger partial charge in [0.1, 0.15) is 12.6 Å². The quantitative estimate of drug-likeness (QED) is 0.313. The highest BCUT2D eigenvalue weighted by Crippen LogP contribution is 2.61. The molecule has 6 heteroatoms. The van der Waals surface area contributed by atoms with E-state index < -0.39 is 27.5 Å². The van der Waals surface area contributed by atoms with Crippen LogP contribution in [0.2, 0.25) is 0 Å². The average molecular weight is 472 g/mol. The van der Waals surface area contributed by atoms with Crippen LogP contribution in [0.3, 0.4) is 0 Å². The molecule has 1 heterocycles. The molecule has 1 aromatic heterocycles. The first-order chi connectivity index (χ1) is 13.7. The summed E-state index contributed by atoms with van der Waals surface area (Å²) >= 11 is 0. The lowest BCUT2D eigenvalue weighted by Crippen LogP contribution is -2.38. The summed E-state index contributed by atoms with van der Waals surface area (Å²) in [5.74, 6) is -1.55. The molecule has 0 amide bonds. The molecule has 0 N–H and O–H groups in total. The van der Waals surface area contributed by atoms with E-state index in [9.17, 15) is 8.78 Å². The van der Waals surface area contributed by atoms with Crippen molar-refractivity contribution in [2.75, 3.05) is 0 Å². The number of aromatic nitrogens is 2. The minimum atomic E-state index is -0.774. The zero-order valence-electron chi connectivity index (χ0n) is 21.7. The predicted molar refractivity (Wildman–Crippen MR) is 135 cm³/mol. The second-order valence-electron chi connectivity index (χ2n) is 12.6. The van der Waals surface area contributed by atoms with Crippen molar-refractivity contribution >= 4 is 26.9 Å². The zero-order valence-corrected chi connectivity index (χ0v) is 23.5. The van der Waals surface area contributed by atoms with Crippen LogP contribution in [0.5, 0.6) is 0 Å². The fourth-order valence-corrected chi connectivity index (χ4v) is 11.5. The molecule has 31 heavy (non-hydrogen) atoms. The maximum absolute atomic E-state index is 14.3. The summed E-state index contributed by atoms with van der Waals surface area (Å²) in [6.07, 6.45) is 3.78. The van der Waals surface area contributed by atoms with E-state index in [0.717, 1.165) is 23.6 Å². The number of hydrogen-bond donors (Lipinski definition) is 0. The number of halogens is 2. The minimum Gasteiger partial charge on any atom is -0.226 e. The van der Waals surface area contributed by atoms with Crippen molar-refractivity contribution in [2.24, 2.45) is 0 Å². The first-order valence-corrected chi connectivity index (χ1v) is 14.2. The van der Waals surface area contributed by atoms with Gasteiger partial charge in [0, 0.05) is 12.1 Å². The van der Waals surface area contributed by atoms with E-state index in [0.29, 0.717) is 0 Å². The van der Waals surface area contributed by atoms with Gasteiger partial charge in [-0.3, -0.25) is 0 Å². The molecule has 2 rings (SSSR count). The molecule has 0 unspecified atom stereocenters. The molecular formula is C25H43F2N2P2+. The van der Waals surface area contributed by atoms with E-state index in [4.69, 9.17) is 0 Å². The Morgan fingerprint density at radius 1 is 0.710 bits per heavy atom. The summed E-state index contributed by atoms with van der Waals surface area (Å²) in [4.78, 5) is 0. The highest BCUT2D eigenvalue weighted by atomic mass is 31.1. The van der Waals surface area contributed by atoms with Crippen LogP contribution < -0.4 is 4.57 Å². The maximum atomic E-state index is 14.3. The third-order valence-electron chi connectivity index (χ3n) is 5.74. The van der Waals surface area contributed by atoms with Gasteiger partial charge >= 0.3 is 0 Å². The first kappa shape index (κ1) is 26.7. The summed E-state index contributed by atoms with van der Waals surface area (Å²) in [5.41, 5.74) is 1.58. The van der Waals surface area contributed by atoms with Crippen molar-refractivity contribution in [1.29, 1.82) is 0 Å². The van der Waals surface area contributed by atoms with Crippen LogP contribution in [0, 0.1) is 11.6 Å². The summed E-state index contributed by atoms with van der Waals surface area (Å²) in [6.45, 7) is 27.5. The van der Waals surface area contributed by atoms with E-state index in [1.807, 2.05) is 0 Å². The van der Waals surface area contributed by atoms with Crippen LogP contribution in [0.15, 0.2) is 18.5 Å². The van der Waals surface area contributed by atoms with Gasteiger partial charge < -0.3 is 0 Å². The lowest BCUT2D eigenvalue weighted by molar-refractivity contribution is -0.652. The normalized spacial score (nSPS) is 14.3. The highest BCUT2D eigenvalue weighted by Gasteiger charge is 2.39. The number of fused-ring (bicyclic) bond motifs is 1. The number of imidazole rings is 1. The molecule has 0 fully saturated rings. The van der Waals surface area contributed by atoms with Crippen molar-refractivity contribution in [3.63, 3.8) is 0 Å². The molecule has 2 aromatic rings. The molecule has 0 spiro atoms. The van der Waals surface area contributed by atoms with E-state index >= 15 is 0 Å². The molecule has 0 saturated heterocycles. The third kappa shape index (κ3) is 6.26. The predicted octanol–water partition coefficient (Wildman–Crippen LogP) is 8.28. The molecule has 2 nitrogen and oxygen atoms in total. The van der Waals surface area contributed by atoms with Crippen LogP contribution in [-0.4, -0.2) is 25.2 Å². The number of nitrogens with zero attached hydrogens (tertiary/aromatic N) is 2. The highest BCUT2D eigenvalue weighted by molar-refractivity contribution is 7.60. The minimum absolute atomic E-state index is 0.150. The third-order valence-corrected chi connectivity index (χ3v) is 13.4. The topological polar surface area (TPSA) is 8.81 Å². The van der Waals surface area contributed by atoms with Gasteiger partial charge in [-0.25, -0.2) is 17.9 Å². The van der Waals surface area contributed by atoms with E-state index in [-0.39, 0.29) is 20.6 Å². The van der Waals surface area contributed by atoms with Gasteiger partial charge in [-0.1, -0.05) is 98.9 Å². The van der Waals surface area contributed by atoms with Crippen LogP contribution >= 0.6 is 15.8 Å². The Bertz CT molecular complexity index is 821. The second-order valence-corrected chi connectivity index (χ2v) is 20.3. The largest absolute Gasteiger partial charge is 0.245 e. The molecular weight excluding hydrogens is 428 g/mol. The van der Waals surface area contributed by atoms with Gasteiger partial charge in [0.15, 0.2) is 22.7 Å². The lowest BCUT2D eigenvalue weighted by Gasteiger charge is -2.40. The Morgan fingerprint density at radius 2 is 1.13 bits per heavy atom. The SMILES string of the molecule is CC(C)(C)P(Cn1c[n+](CP(C(C)(C)C)C(C)(C)C)c2cc(F)c(F)cc21)C(C)(C)C. The molecule has 0 saturated carbocycles. The van der Waals surface area contributed by atoms with E-state index in [1.165, 1.54) is 12.1 Å². The molecule has 0 radical (unpaired) electrons. The number of rotatable bonds is 4. The smallest absolute Gasteiger partial charge is 0.226 e. The molecule has 176 valence electrons. The lowest BCUT2D eigenvalue weighted by atomic mass is 10.2. The van der Waals surface area contributed by atoms with Crippen LogP contribution in [-0.2, 0) is 12.6 Å². The Hall–Kier alpha value is -0.590. The molecule has 0 aliphatic rings. The van der Waals surface area contributed by atoms with E-state index in [1.54, 1.807) is 0 Å². The van der Waals surface area contributed by atoms with Gasteiger partial charge in [-0.2, -0.15) is 0 Å². The molecule has 0 bridgehead atoms. The average Bonchev–Trinajstić information content (AvgIpc) is 2.83. The van der Waals surface area contributed by atoms with Crippen molar-refractivity contribution in [3.05, 3.63) is 30.1 Å². The zero-order chi connectivity index (χ0) is 24.2. The first-order valence-electron chi connectivity index (χ1n) is 11.2. The van der Waals surface area contributed by atoms with Crippen LogP contribution in [0.4, 0.5) is 8.78 Å². The van der Waals surface area contributed by atoms with Crippen LogP contribution in [0.1, 0.15) is 83.1 Å². The van der Waals surface area contributed by atoms with Crippen LogP contribution in [0.25, 0.3) is 11.0 Å². The monoisotopic (exact) mass is 471 g/mol. The van der Waals surface area contributed by atoms with Crippen molar-refractivity contribution < 1.29 is 13.3 Å². The van der Waals surface area contributed by atoms with Crippen molar-refractivity contribution in [1.82, 2.24) is 4.57 Å². The maximum Gasteiger partial charge on any atom is 0.245 e. The standard InChI is InChI=1S/C25H43F2N2P2/c1-22(2,3)30(23(4,5)6)16-28-15-29(17-31(24(7,8)9)25(10,11)12)21-14-19(27)18(26)13-20(21)28/h13-15H,16-17H2,1-12H3/q+1. The second kappa shape index (κ2) is 8.64. The molecule has 0 aliphatic heterocycles. The molecule has 0 atom stereocenters. The molecule has 0 aliphatic carbocycles. The Labute approximate surface area is 191 Å². The van der Waals surface area contributed by atoms with Gasteiger partial charge in [0.25, 0.3) is 0 Å². The summed E-state index contributed by atoms with van der Waals surface area (Å²) in [7, 11) is -0.846. The van der Waals surface area contributed by atoms with Gasteiger partial charge in [0.2, 0.25) is 6.33 Å².